The molecule has 192 valence electrons. The molecular weight excluding hydrogens is 492 g/mol. The van der Waals surface area contributed by atoms with E-state index in [-0.39, 0.29) is 17.1 Å². The molecule has 0 aliphatic heterocycles. The highest BCUT2D eigenvalue weighted by atomic mass is 32.2. The van der Waals surface area contributed by atoms with Gasteiger partial charge in [-0.05, 0) is 60.3 Å². The molecule has 0 fully saturated rings. The molecule has 0 radical (unpaired) electrons. The summed E-state index contributed by atoms with van der Waals surface area (Å²) >= 11 is 0. The fourth-order valence-corrected chi connectivity index (χ4v) is 5.41. The molecule has 1 aromatic heterocycles. The largest absolute Gasteiger partial charge is 0.496 e. The molecule has 3 aromatic carbocycles. The van der Waals surface area contributed by atoms with Crippen molar-refractivity contribution in [2.24, 2.45) is 0 Å². The zero-order valence-electron chi connectivity index (χ0n) is 20.4. The van der Waals surface area contributed by atoms with Crippen molar-refractivity contribution in [2.45, 2.75) is 17.7 Å². The maximum absolute atomic E-state index is 13.2. The van der Waals surface area contributed by atoms with Gasteiger partial charge >= 0.3 is 0 Å². The zero-order chi connectivity index (χ0) is 26.3. The number of aromatic nitrogens is 1. The lowest BCUT2D eigenvalue weighted by Gasteiger charge is -2.13. The Morgan fingerprint density at radius 1 is 0.973 bits per heavy atom. The predicted molar refractivity (Wildman–Crippen MR) is 143 cm³/mol. The van der Waals surface area contributed by atoms with Crippen LogP contribution in [0.15, 0.2) is 84.0 Å². The Balaban J connectivity index is 1.34. The molecule has 4 aromatic rings. The highest BCUT2D eigenvalue weighted by Crippen LogP contribution is 2.30. The highest BCUT2D eigenvalue weighted by Gasteiger charge is 2.19. The van der Waals surface area contributed by atoms with Crippen molar-refractivity contribution >= 4 is 26.5 Å². The van der Waals surface area contributed by atoms with Crippen molar-refractivity contribution in [3.8, 4) is 16.9 Å². The predicted octanol–water partition coefficient (Wildman–Crippen LogP) is 4.32. The molecule has 10 heteroatoms. The molecule has 1 heterocycles. The minimum atomic E-state index is -3.76. The number of methoxy groups -OCH3 is 1. The molecule has 0 atom stereocenters. The number of pyridine rings is 1. The van der Waals surface area contributed by atoms with Crippen LogP contribution in [0.4, 0.5) is 5.69 Å². The number of nitro benzene ring substituents is 1. The van der Waals surface area contributed by atoms with E-state index in [1.807, 2.05) is 36.4 Å². The third kappa shape index (κ3) is 6.48. The van der Waals surface area contributed by atoms with Crippen molar-refractivity contribution in [3.05, 3.63) is 94.8 Å². The van der Waals surface area contributed by atoms with Gasteiger partial charge in [0.2, 0.25) is 10.0 Å². The summed E-state index contributed by atoms with van der Waals surface area (Å²) in [4.78, 5) is 14.9. The summed E-state index contributed by atoms with van der Waals surface area (Å²) in [6.07, 6.45) is 4.69. The van der Waals surface area contributed by atoms with E-state index < -0.39 is 14.9 Å². The first-order valence-electron chi connectivity index (χ1n) is 11.8. The Kier molecular flexibility index (Phi) is 8.44. The van der Waals surface area contributed by atoms with E-state index in [4.69, 9.17) is 4.74 Å². The SMILES string of the molecule is COc1cc([N+](=O)[O-])ccc1CCCNCCNS(=O)(=O)c1cc(-c2ccccc2)cc2cnccc12. The van der Waals surface area contributed by atoms with Crippen LogP contribution in [0.3, 0.4) is 0 Å². The molecule has 0 bridgehead atoms. The number of hydrogen-bond acceptors (Lipinski definition) is 7. The number of rotatable bonds is 12. The van der Waals surface area contributed by atoms with E-state index in [0.717, 1.165) is 28.5 Å². The third-order valence-corrected chi connectivity index (χ3v) is 7.49. The van der Waals surface area contributed by atoms with Gasteiger partial charge in [0.25, 0.3) is 5.69 Å². The number of non-ortho nitro benzene ring substituents is 1. The van der Waals surface area contributed by atoms with E-state index in [0.29, 0.717) is 30.6 Å². The smallest absolute Gasteiger partial charge is 0.273 e. The van der Waals surface area contributed by atoms with Crippen molar-refractivity contribution in [3.63, 3.8) is 0 Å². The Morgan fingerprint density at radius 2 is 1.78 bits per heavy atom. The lowest BCUT2D eigenvalue weighted by atomic mass is 10.0. The van der Waals surface area contributed by atoms with Crippen LogP contribution in [0.2, 0.25) is 0 Å². The van der Waals surface area contributed by atoms with E-state index in [1.165, 1.54) is 19.2 Å². The van der Waals surface area contributed by atoms with Gasteiger partial charge in [-0.15, -0.1) is 0 Å². The second-order valence-electron chi connectivity index (χ2n) is 8.44. The number of aryl methyl sites for hydroxylation is 1. The minimum Gasteiger partial charge on any atom is -0.496 e. The number of benzene rings is 3. The molecule has 0 aliphatic rings. The summed E-state index contributed by atoms with van der Waals surface area (Å²) < 4.78 is 34.4. The van der Waals surface area contributed by atoms with Crippen LogP contribution in [-0.2, 0) is 16.4 Å². The van der Waals surface area contributed by atoms with E-state index in [9.17, 15) is 18.5 Å². The molecule has 0 amide bonds. The van der Waals surface area contributed by atoms with E-state index in [2.05, 4.69) is 15.0 Å². The highest BCUT2D eigenvalue weighted by molar-refractivity contribution is 7.89. The minimum absolute atomic E-state index is 0.00986. The molecule has 0 spiro atoms. The molecule has 0 unspecified atom stereocenters. The fraction of sp³-hybridized carbons (Fsp3) is 0.222. The van der Waals surface area contributed by atoms with Gasteiger partial charge in [0.1, 0.15) is 5.75 Å². The summed E-state index contributed by atoms with van der Waals surface area (Å²) in [6, 6.07) is 19.6. The van der Waals surface area contributed by atoms with Gasteiger partial charge in [-0.3, -0.25) is 15.1 Å². The Bertz CT molecular complexity index is 1490. The maximum Gasteiger partial charge on any atom is 0.273 e. The molecule has 2 N–H and O–H groups in total. The van der Waals surface area contributed by atoms with Crippen molar-refractivity contribution < 1.29 is 18.1 Å². The first kappa shape index (κ1) is 26.2. The number of fused-ring (bicyclic) bond motifs is 1. The summed E-state index contributed by atoms with van der Waals surface area (Å²) in [5.41, 5.74) is 2.61. The van der Waals surface area contributed by atoms with E-state index in [1.54, 1.807) is 30.6 Å². The monoisotopic (exact) mass is 520 g/mol. The number of nitro groups is 1. The van der Waals surface area contributed by atoms with Crippen LogP contribution in [0.5, 0.6) is 5.75 Å². The first-order valence-corrected chi connectivity index (χ1v) is 13.3. The Labute approximate surface area is 215 Å². The first-order chi connectivity index (χ1) is 17.9. The standard InChI is InChI=1S/C27H28N4O5S/c1-36-26-18-24(31(32)33)10-9-21(26)8-5-12-28-14-15-30-37(34,35)27-17-22(20-6-3-2-4-7-20)16-23-19-29-13-11-25(23)27/h2-4,6-7,9-11,13,16-19,28,30H,5,8,12,14-15H2,1H3. The molecule has 9 nitrogen and oxygen atoms in total. The number of hydrogen-bond donors (Lipinski definition) is 2. The van der Waals surface area contributed by atoms with Gasteiger partial charge < -0.3 is 10.1 Å². The quantitative estimate of drug-likeness (QED) is 0.162. The molecule has 0 saturated heterocycles. The average molecular weight is 521 g/mol. The van der Waals surface area contributed by atoms with Gasteiger partial charge in [-0.1, -0.05) is 30.3 Å². The number of nitrogens with one attached hydrogen (secondary N) is 2. The van der Waals surface area contributed by atoms with Crippen LogP contribution >= 0.6 is 0 Å². The summed E-state index contributed by atoms with van der Waals surface area (Å²) in [6.45, 7) is 1.33. The number of nitrogens with zero attached hydrogens (tertiary/aromatic N) is 2. The van der Waals surface area contributed by atoms with Crippen LogP contribution < -0.4 is 14.8 Å². The van der Waals surface area contributed by atoms with Crippen molar-refractivity contribution in [1.29, 1.82) is 0 Å². The summed E-state index contributed by atoms with van der Waals surface area (Å²) in [5.74, 6) is 0.488. The van der Waals surface area contributed by atoms with Crippen molar-refractivity contribution in [2.75, 3.05) is 26.7 Å². The molecular formula is C27H28N4O5S. The molecule has 0 saturated carbocycles. The number of sulfonamides is 1. The van der Waals surface area contributed by atoms with Crippen molar-refractivity contribution in [1.82, 2.24) is 15.0 Å². The van der Waals surface area contributed by atoms with E-state index >= 15 is 0 Å². The topological polar surface area (TPSA) is 123 Å². The van der Waals surface area contributed by atoms with Gasteiger partial charge in [-0.25, -0.2) is 13.1 Å². The second kappa shape index (κ2) is 11.9. The lowest BCUT2D eigenvalue weighted by Crippen LogP contribution is -2.32. The van der Waals surface area contributed by atoms with Gasteiger partial charge in [-0.2, -0.15) is 0 Å². The van der Waals surface area contributed by atoms with Gasteiger partial charge in [0.15, 0.2) is 0 Å². The number of ether oxygens (including phenoxy) is 1. The Hall–Kier alpha value is -3.86. The molecule has 0 aliphatic carbocycles. The van der Waals surface area contributed by atoms with Crippen LogP contribution in [0.1, 0.15) is 12.0 Å². The molecule has 37 heavy (non-hydrogen) atoms. The van der Waals surface area contributed by atoms with Crippen LogP contribution in [0, 0.1) is 10.1 Å². The van der Waals surface area contributed by atoms with Gasteiger partial charge in [0, 0.05) is 42.3 Å². The summed E-state index contributed by atoms with van der Waals surface area (Å²) in [7, 11) is -2.27. The Morgan fingerprint density at radius 3 is 2.54 bits per heavy atom. The maximum atomic E-state index is 13.2. The average Bonchev–Trinajstić information content (AvgIpc) is 2.92. The lowest BCUT2D eigenvalue weighted by molar-refractivity contribution is -0.384. The van der Waals surface area contributed by atoms with Crippen LogP contribution in [-0.4, -0.2) is 45.1 Å². The fourth-order valence-electron chi connectivity index (χ4n) is 4.13. The van der Waals surface area contributed by atoms with Gasteiger partial charge in [0.05, 0.1) is 23.0 Å². The normalized spacial score (nSPS) is 11.5. The summed E-state index contributed by atoms with van der Waals surface area (Å²) in [5, 5.41) is 15.5. The van der Waals surface area contributed by atoms with Crippen LogP contribution in [0.25, 0.3) is 21.9 Å². The zero-order valence-corrected chi connectivity index (χ0v) is 21.2. The third-order valence-electron chi connectivity index (χ3n) is 5.99. The molecule has 4 rings (SSSR count). The second-order valence-corrected chi connectivity index (χ2v) is 10.2.